The summed E-state index contributed by atoms with van der Waals surface area (Å²) in [4.78, 5) is 0. The predicted octanol–water partition coefficient (Wildman–Crippen LogP) is 3.06. The van der Waals surface area contributed by atoms with E-state index in [2.05, 4.69) is 20.1 Å². The lowest BCUT2D eigenvalue weighted by Crippen LogP contribution is -1.91. The molecule has 0 aliphatic carbocycles. The van der Waals surface area contributed by atoms with Crippen molar-refractivity contribution in [3.8, 4) is 0 Å². The van der Waals surface area contributed by atoms with Crippen LogP contribution in [0.4, 0.5) is 0 Å². The van der Waals surface area contributed by atoms with E-state index in [0.717, 1.165) is 23.3 Å². The summed E-state index contributed by atoms with van der Waals surface area (Å²) in [5, 5.41) is 0. The van der Waals surface area contributed by atoms with E-state index in [1.807, 2.05) is 6.92 Å². The summed E-state index contributed by atoms with van der Waals surface area (Å²) >= 11 is 0. The zero-order valence-electron chi connectivity index (χ0n) is 7.61. The first kappa shape index (κ1) is 10.0. The van der Waals surface area contributed by atoms with Crippen molar-refractivity contribution in [1.29, 1.82) is 0 Å². The second kappa shape index (κ2) is 4.78. The van der Waals surface area contributed by atoms with Gasteiger partial charge in [0.25, 0.3) is 0 Å². The molecule has 0 amide bonds. The summed E-state index contributed by atoms with van der Waals surface area (Å²) in [5.74, 6) is 0.833. The van der Waals surface area contributed by atoms with Crippen molar-refractivity contribution in [2.75, 3.05) is 7.11 Å². The van der Waals surface area contributed by atoms with Gasteiger partial charge >= 0.3 is 0 Å². The van der Waals surface area contributed by atoms with Gasteiger partial charge in [0.15, 0.2) is 0 Å². The average Bonchev–Trinajstić information content (AvgIpc) is 1.99. The van der Waals surface area contributed by atoms with E-state index in [-0.39, 0.29) is 0 Å². The minimum Gasteiger partial charge on any atom is -0.496 e. The van der Waals surface area contributed by atoms with E-state index < -0.39 is 0 Å². The number of rotatable bonds is 4. The summed E-state index contributed by atoms with van der Waals surface area (Å²) < 4.78 is 5.11. The first-order valence-corrected chi connectivity index (χ1v) is 3.72. The molecular weight excluding hydrogens is 136 g/mol. The maximum atomic E-state index is 5.11. The van der Waals surface area contributed by atoms with Crippen molar-refractivity contribution in [3.63, 3.8) is 0 Å². The molecule has 1 nitrogen and oxygen atoms in total. The van der Waals surface area contributed by atoms with Crippen LogP contribution in [0.2, 0.25) is 0 Å². The summed E-state index contributed by atoms with van der Waals surface area (Å²) in [7, 11) is 1.65. The summed E-state index contributed by atoms with van der Waals surface area (Å²) in [6.45, 7) is 11.6. The second-order valence-corrected chi connectivity index (χ2v) is 2.38. The molecule has 0 aromatic rings. The van der Waals surface area contributed by atoms with Crippen LogP contribution >= 0.6 is 0 Å². The van der Waals surface area contributed by atoms with Crippen LogP contribution in [0.5, 0.6) is 0 Å². The van der Waals surface area contributed by atoms with E-state index in [9.17, 15) is 0 Å². The van der Waals surface area contributed by atoms with Crippen molar-refractivity contribution in [2.24, 2.45) is 0 Å². The fraction of sp³-hybridized carbons (Fsp3) is 0.400. The fourth-order valence-corrected chi connectivity index (χ4v) is 1.02. The standard InChI is InChI=1S/C10H16O/c1-6-9(8(3)4)10(7-2)11-5/h7H,2-3,6H2,1,4-5H3/b10-9+. The Labute approximate surface area is 69.1 Å². The average molecular weight is 152 g/mol. The first-order valence-electron chi connectivity index (χ1n) is 3.72. The molecule has 0 saturated heterocycles. The minimum absolute atomic E-state index is 0.833. The van der Waals surface area contributed by atoms with Gasteiger partial charge in [0.2, 0.25) is 0 Å². The van der Waals surface area contributed by atoms with Gasteiger partial charge in [0.1, 0.15) is 5.76 Å². The molecule has 1 heteroatoms. The molecule has 0 spiro atoms. The third kappa shape index (κ3) is 2.62. The van der Waals surface area contributed by atoms with Gasteiger partial charge in [-0.05, 0) is 25.0 Å². The van der Waals surface area contributed by atoms with Crippen LogP contribution < -0.4 is 0 Å². The minimum atomic E-state index is 0.833. The molecule has 0 fully saturated rings. The highest BCUT2D eigenvalue weighted by atomic mass is 16.5. The zero-order chi connectivity index (χ0) is 8.85. The van der Waals surface area contributed by atoms with E-state index in [0.29, 0.717) is 0 Å². The number of allylic oxidation sites excluding steroid dienone is 3. The topological polar surface area (TPSA) is 9.23 Å². The number of ether oxygens (including phenoxy) is 1. The van der Waals surface area contributed by atoms with Crippen LogP contribution in [-0.2, 0) is 4.74 Å². The SMILES string of the molecule is C=C/C(OC)=C(/CC)C(=C)C. The molecule has 0 heterocycles. The van der Waals surface area contributed by atoms with Crippen LogP contribution in [0, 0.1) is 0 Å². The van der Waals surface area contributed by atoms with Crippen molar-refractivity contribution in [1.82, 2.24) is 0 Å². The maximum absolute atomic E-state index is 5.11. The van der Waals surface area contributed by atoms with Gasteiger partial charge in [-0.15, -0.1) is 0 Å². The molecular formula is C10H16O. The molecule has 0 atom stereocenters. The van der Waals surface area contributed by atoms with Crippen molar-refractivity contribution in [3.05, 3.63) is 36.1 Å². The van der Waals surface area contributed by atoms with Gasteiger partial charge in [-0.2, -0.15) is 0 Å². The molecule has 0 radical (unpaired) electrons. The fourth-order valence-electron chi connectivity index (χ4n) is 1.02. The van der Waals surface area contributed by atoms with Gasteiger partial charge in [-0.3, -0.25) is 0 Å². The Morgan fingerprint density at radius 1 is 1.55 bits per heavy atom. The molecule has 0 aliphatic heterocycles. The molecule has 0 unspecified atom stereocenters. The number of hydrogen-bond acceptors (Lipinski definition) is 1. The Hall–Kier alpha value is -0.980. The molecule has 11 heavy (non-hydrogen) atoms. The summed E-state index contributed by atoms with van der Waals surface area (Å²) in [5.41, 5.74) is 2.19. The smallest absolute Gasteiger partial charge is 0.121 e. The van der Waals surface area contributed by atoms with Crippen molar-refractivity contribution in [2.45, 2.75) is 20.3 Å². The Morgan fingerprint density at radius 2 is 2.09 bits per heavy atom. The van der Waals surface area contributed by atoms with Gasteiger partial charge in [-0.1, -0.05) is 25.7 Å². The van der Waals surface area contributed by atoms with Gasteiger partial charge in [0.05, 0.1) is 7.11 Å². The van der Waals surface area contributed by atoms with E-state index in [4.69, 9.17) is 4.74 Å². The molecule has 0 N–H and O–H groups in total. The molecule has 0 aromatic heterocycles. The van der Waals surface area contributed by atoms with Crippen LogP contribution in [0.3, 0.4) is 0 Å². The number of methoxy groups -OCH3 is 1. The molecule has 0 bridgehead atoms. The van der Waals surface area contributed by atoms with E-state index >= 15 is 0 Å². The Kier molecular flexibility index (Phi) is 4.35. The van der Waals surface area contributed by atoms with E-state index in [1.54, 1.807) is 13.2 Å². The quantitative estimate of drug-likeness (QED) is 0.444. The van der Waals surface area contributed by atoms with Crippen molar-refractivity contribution >= 4 is 0 Å². The highest BCUT2D eigenvalue weighted by Crippen LogP contribution is 2.17. The predicted molar refractivity (Wildman–Crippen MR) is 49.3 cm³/mol. The van der Waals surface area contributed by atoms with Gasteiger partial charge < -0.3 is 4.74 Å². The molecule has 0 aliphatic rings. The zero-order valence-corrected chi connectivity index (χ0v) is 7.61. The normalized spacial score (nSPS) is 11.9. The van der Waals surface area contributed by atoms with Crippen LogP contribution in [0.1, 0.15) is 20.3 Å². The molecule has 0 rings (SSSR count). The maximum Gasteiger partial charge on any atom is 0.121 e. The Morgan fingerprint density at radius 3 is 2.18 bits per heavy atom. The highest BCUT2D eigenvalue weighted by Gasteiger charge is 2.01. The van der Waals surface area contributed by atoms with Crippen LogP contribution in [-0.4, -0.2) is 7.11 Å². The molecule has 0 aromatic carbocycles. The lowest BCUT2D eigenvalue weighted by molar-refractivity contribution is 0.302. The van der Waals surface area contributed by atoms with Crippen LogP contribution in [0.25, 0.3) is 0 Å². The Bertz CT molecular complexity index is 187. The van der Waals surface area contributed by atoms with Crippen LogP contribution in [0.15, 0.2) is 36.1 Å². The summed E-state index contributed by atoms with van der Waals surface area (Å²) in [6, 6.07) is 0. The molecule has 0 saturated carbocycles. The number of hydrogen-bond donors (Lipinski definition) is 0. The highest BCUT2D eigenvalue weighted by molar-refractivity contribution is 5.33. The second-order valence-electron chi connectivity index (χ2n) is 2.38. The van der Waals surface area contributed by atoms with E-state index in [1.165, 1.54) is 0 Å². The van der Waals surface area contributed by atoms with Gasteiger partial charge in [0, 0.05) is 0 Å². The largest absolute Gasteiger partial charge is 0.496 e. The lowest BCUT2D eigenvalue weighted by atomic mass is 10.1. The molecule has 62 valence electrons. The third-order valence-corrected chi connectivity index (χ3v) is 1.57. The monoisotopic (exact) mass is 152 g/mol. The third-order valence-electron chi connectivity index (χ3n) is 1.57. The Balaban J connectivity index is 4.76. The first-order chi connectivity index (χ1) is 5.17. The van der Waals surface area contributed by atoms with Gasteiger partial charge in [-0.25, -0.2) is 0 Å². The lowest BCUT2D eigenvalue weighted by Gasteiger charge is -2.08. The summed E-state index contributed by atoms with van der Waals surface area (Å²) in [6.07, 6.45) is 2.65. The van der Waals surface area contributed by atoms with Crippen molar-refractivity contribution < 1.29 is 4.74 Å².